The van der Waals surface area contributed by atoms with Crippen molar-refractivity contribution in [1.82, 2.24) is 15.3 Å². The van der Waals surface area contributed by atoms with E-state index >= 15 is 0 Å². The quantitative estimate of drug-likeness (QED) is 0.819. The van der Waals surface area contributed by atoms with Gasteiger partial charge in [0.15, 0.2) is 10.8 Å². The standard InChI is InChI=1S/C14H20F3N5S/c1-3-18-13(23)21-12-19-10(14(15,16)17)8-11(20-12)22-7-5-4-6-9(22)2/h8-9H,3-7H2,1-2H3,(H2,18,19,20,21,23)/t9-/m0/s1. The number of alkyl halides is 3. The van der Waals surface area contributed by atoms with E-state index in [-0.39, 0.29) is 22.9 Å². The molecule has 1 aliphatic rings. The Hall–Kier alpha value is -1.64. The first-order valence-electron chi connectivity index (χ1n) is 7.59. The highest BCUT2D eigenvalue weighted by Gasteiger charge is 2.35. The molecule has 0 amide bonds. The summed E-state index contributed by atoms with van der Waals surface area (Å²) in [6.07, 6.45) is -1.59. The average molecular weight is 347 g/mol. The molecule has 1 aliphatic heterocycles. The molecule has 0 spiro atoms. The first-order valence-corrected chi connectivity index (χ1v) is 8.00. The summed E-state index contributed by atoms with van der Waals surface area (Å²) in [6, 6.07) is 1.15. The summed E-state index contributed by atoms with van der Waals surface area (Å²) in [5, 5.41) is 5.63. The van der Waals surface area contributed by atoms with Crippen molar-refractivity contribution in [3.8, 4) is 0 Å². The molecule has 5 nitrogen and oxygen atoms in total. The molecule has 1 aromatic rings. The van der Waals surface area contributed by atoms with E-state index < -0.39 is 11.9 Å². The van der Waals surface area contributed by atoms with Crippen LogP contribution in [-0.2, 0) is 6.18 Å². The van der Waals surface area contributed by atoms with Crippen molar-refractivity contribution in [2.75, 3.05) is 23.3 Å². The van der Waals surface area contributed by atoms with Crippen LogP contribution in [0, 0.1) is 0 Å². The number of nitrogens with zero attached hydrogens (tertiary/aromatic N) is 3. The van der Waals surface area contributed by atoms with E-state index in [0.29, 0.717) is 13.1 Å². The number of aromatic nitrogens is 2. The number of anilines is 2. The Labute approximate surface area is 138 Å². The Morgan fingerprint density at radius 1 is 1.39 bits per heavy atom. The van der Waals surface area contributed by atoms with Crippen molar-refractivity contribution < 1.29 is 13.2 Å². The molecule has 1 fully saturated rings. The lowest BCUT2D eigenvalue weighted by Gasteiger charge is -2.34. The minimum absolute atomic E-state index is 0.140. The fourth-order valence-corrected chi connectivity index (χ4v) is 2.76. The lowest BCUT2D eigenvalue weighted by atomic mass is 10.0. The van der Waals surface area contributed by atoms with Crippen LogP contribution < -0.4 is 15.5 Å². The maximum absolute atomic E-state index is 13.1. The van der Waals surface area contributed by atoms with Gasteiger partial charge in [0.05, 0.1) is 0 Å². The highest BCUT2D eigenvalue weighted by atomic mass is 32.1. The molecule has 0 unspecified atom stereocenters. The number of nitrogens with one attached hydrogen (secondary N) is 2. The lowest BCUT2D eigenvalue weighted by Crippen LogP contribution is -2.38. The molecule has 1 saturated heterocycles. The van der Waals surface area contributed by atoms with Crippen LogP contribution in [0.25, 0.3) is 0 Å². The number of halogens is 3. The molecule has 2 rings (SSSR count). The van der Waals surface area contributed by atoms with Crippen LogP contribution in [0.2, 0.25) is 0 Å². The smallest absolute Gasteiger partial charge is 0.363 e. The number of hydrogen-bond donors (Lipinski definition) is 2. The first-order chi connectivity index (χ1) is 10.8. The summed E-state index contributed by atoms with van der Waals surface area (Å²) >= 11 is 5.00. The fourth-order valence-electron chi connectivity index (χ4n) is 2.53. The van der Waals surface area contributed by atoms with Gasteiger partial charge in [-0.3, -0.25) is 0 Å². The SMILES string of the molecule is CCNC(=S)Nc1nc(N2CCCC[C@@H]2C)cc(C(F)(F)F)n1. The predicted molar refractivity (Wildman–Crippen MR) is 87.6 cm³/mol. The normalized spacial score (nSPS) is 18.7. The zero-order valence-corrected chi connectivity index (χ0v) is 13.9. The first kappa shape index (κ1) is 17.7. The predicted octanol–water partition coefficient (Wildman–Crippen LogP) is 3.18. The highest BCUT2D eigenvalue weighted by molar-refractivity contribution is 7.80. The van der Waals surface area contributed by atoms with Gasteiger partial charge in [-0.25, -0.2) is 4.98 Å². The van der Waals surface area contributed by atoms with Gasteiger partial charge in [-0.1, -0.05) is 0 Å². The van der Waals surface area contributed by atoms with Crippen molar-refractivity contribution >= 4 is 29.1 Å². The Morgan fingerprint density at radius 2 is 2.13 bits per heavy atom. The summed E-state index contributed by atoms with van der Waals surface area (Å²) < 4.78 is 39.3. The van der Waals surface area contributed by atoms with E-state index in [1.54, 1.807) is 0 Å². The summed E-state index contributed by atoms with van der Waals surface area (Å²) in [5.41, 5.74) is -0.970. The molecule has 0 aliphatic carbocycles. The molecule has 0 saturated carbocycles. The molecule has 23 heavy (non-hydrogen) atoms. The Kier molecular flexibility index (Phi) is 5.61. The van der Waals surface area contributed by atoms with E-state index in [9.17, 15) is 13.2 Å². The topological polar surface area (TPSA) is 53.1 Å². The lowest BCUT2D eigenvalue weighted by molar-refractivity contribution is -0.141. The van der Waals surface area contributed by atoms with Crippen LogP contribution in [0.5, 0.6) is 0 Å². The molecule has 2 N–H and O–H groups in total. The highest BCUT2D eigenvalue weighted by Crippen LogP contribution is 2.32. The van der Waals surface area contributed by atoms with Gasteiger partial charge in [0.25, 0.3) is 0 Å². The van der Waals surface area contributed by atoms with Crippen LogP contribution in [0.3, 0.4) is 0 Å². The number of thiocarbonyl (C=S) groups is 1. The molecular formula is C14H20F3N5S. The van der Waals surface area contributed by atoms with Crippen molar-refractivity contribution in [1.29, 1.82) is 0 Å². The van der Waals surface area contributed by atoms with Crippen LogP contribution in [0.15, 0.2) is 6.07 Å². The minimum Gasteiger partial charge on any atom is -0.363 e. The van der Waals surface area contributed by atoms with Gasteiger partial charge in [0, 0.05) is 25.2 Å². The van der Waals surface area contributed by atoms with Gasteiger partial charge in [-0.05, 0) is 45.3 Å². The average Bonchev–Trinajstić information content (AvgIpc) is 2.46. The Balaban J connectivity index is 2.35. The van der Waals surface area contributed by atoms with Crippen LogP contribution in [-0.4, -0.2) is 34.2 Å². The van der Waals surface area contributed by atoms with Crippen molar-refractivity contribution in [3.05, 3.63) is 11.8 Å². The third-order valence-corrected chi connectivity index (χ3v) is 3.91. The molecular weight excluding hydrogens is 327 g/mol. The number of hydrogen-bond acceptors (Lipinski definition) is 4. The molecule has 9 heteroatoms. The van der Waals surface area contributed by atoms with Crippen molar-refractivity contribution in [2.45, 2.75) is 45.3 Å². The van der Waals surface area contributed by atoms with E-state index in [4.69, 9.17) is 12.2 Å². The third-order valence-electron chi connectivity index (χ3n) is 3.66. The summed E-state index contributed by atoms with van der Waals surface area (Å²) in [4.78, 5) is 9.66. The van der Waals surface area contributed by atoms with Gasteiger partial charge in [0.1, 0.15) is 5.82 Å². The van der Waals surface area contributed by atoms with Gasteiger partial charge >= 0.3 is 6.18 Å². The zero-order chi connectivity index (χ0) is 17.0. The van der Waals surface area contributed by atoms with Crippen molar-refractivity contribution in [2.24, 2.45) is 0 Å². The number of rotatable bonds is 3. The van der Waals surface area contributed by atoms with E-state index in [1.165, 1.54) is 0 Å². The van der Waals surface area contributed by atoms with E-state index in [1.807, 2.05) is 18.7 Å². The second-order valence-corrected chi connectivity index (χ2v) is 5.86. The maximum Gasteiger partial charge on any atom is 0.433 e. The van der Waals surface area contributed by atoms with Crippen LogP contribution >= 0.6 is 12.2 Å². The summed E-state index contributed by atoms with van der Waals surface area (Å²) in [7, 11) is 0. The monoisotopic (exact) mass is 347 g/mol. The molecule has 128 valence electrons. The van der Waals surface area contributed by atoms with Gasteiger partial charge in [0.2, 0.25) is 5.95 Å². The molecule has 0 radical (unpaired) electrons. The van der Waals surface area contributed by atoms with Crippen LogP contribution in [0.1, 0.15) is 38.8 Å². The van der Waals surface area contributed by atoms with Crippen LogP contribution in [0.4, 0.5) is 24.9 Å². The Morgan fingerprint density at radius 3 is 2.74 bits per heavy atom. The van der Waals surface area contributed by atoms with Crippen molar-refractivity contribution in [3.63, 3.8) is 0 Å². The molecule has 0 aromatic carbocycles. The summed E-state index contributed by atoms with van der Waals surface area (Å²) in [5.74, 6) is 0.139. The molecule has 1 atom stereocenters. The zero-order valence-electron chi connectivity index (χ0n) is 13.1. The van der Waals surface area contributed by atoms with Gasteiger partial charge in [-0.2, -0.15) is 18.2 Å². The van der Waals surface area contributed by atoms with E-state index in [2.05, 4.69) is 20.6 Å². The molecule has 0 bridgehead atoms. The fraction of sp³-hybridized carbons (Fsp3) is 0.643. The van der Waals surface area contributed by atoms with E-state index in [0.717, 1.165) is 25.3 Å². The Bertz CT molecular complexity index is 564. The van der Waals surface area contributed by atoms with Gasteiger partial charge in [-0.15, -0.1) is 0 Å². The number of piperidine rings is 1. The largest absolute Gasteiger partial charge is 0.433 e. The summed E-state index contributed by atoms with van der Waals surface area (Å²) in [6.45, 7) is 5.07. The van der Waals surface area contributed by atoms with Gasteiger partial charge < -0.3 is 15.5 Å². The third kappa shape index (κ3) is 4.66. The molecule has 2 heterocycles. The second kappa shape index (κ2) is 7.29. The molecule has 1 aromatic heterocycles. The second-order valence-electron chi connectivity index (χ2n) is 5.46. The minimum atomic E-state index is -4.53. The maximum atomic E-state index is 13.1.